The number of nitrogens with one attached hydrogen (secondary N) is 1. The molecule has 0 aliphatic rings. The minimum atomic E-state index is -1.09. The van der Waals surface area contributed by atoms with E-state index in [9.17, 15) is 14.1 Å². The van der Waals surface area contributed by atoms with Gasteiger partial charge < -0.3 is 15.3 Å². The van der Waals surface area contributed by atoms with Crippen LogP contribution in [0.2, 0.25) is 0 Å². The monoisotopic (exact) mass is 284 g/mol. The second-order valence-corrected chi connectivity index (χ2v) is 6.46. The van der Waals surface area contributed by atoms with E-state index >= 15 is 0 Å². The summed E-state index contributed by atoms with van der Waals surface area (Å²) in [6.07, 6.45) is 1.58. The van der Waals surface area contributed by atoms with Gasteiger partial charge in [-0.25, -0.2) is 4.79 Å². The fourth-order valence-corrected chi connectivity index (χ4v) is 2.19. The van der Waals surface area contributed by atoms with Gasteiger partial charge in [0.05, 0.1) is 12.1 Å². The van der Waals surface area contributed by atoms with E-state index < -0.39 is 16.4 Å². The Morgan fingerprint density at radius 1 is 1.47 bits per heavy atom. The normalized spacial score (nSPS) is 12.9. The summed E-state index contributed by atoms with van der Waals surface area (Å²) in [5.41, 5.74) is -0.362. The lowest BCUT2D eigenvalue weighted by Gasteiger charge is -2.25. The van der Waals surface area contributed by atoms with Crippen molar-refractivity contribution in [2.75, 3.05) is 25.2 Å². The first-order valence-corrected chi connectivity index (χ1v) is 7.43. The molecule has 0 aromatic heterocycles. The van der Waals surface area contributed by atoms with Crippen molar-refractivity contribution >= 4 is 22.5 Å². The molecule has 5 nitrogen and oxygen atoms in total. The lowest BCUT2D eigenvalue weighted by atomic mass is 10.1. The second kappa shape index (κ2) is 6.16. The van der Waals surface area contributed by atoms with Gasteiger partial charge in [-0.05, 0) is 32.0 Å². The molecule has 1 aromatic carbocycles. The van der Waals surface area contributed by atoms with Crippen molar-refractivity contribution in [3.63, 3.8) is 0 Å². The summed E-state index contributed by atoms with van der Waals surface area (Å²) in [6.45, 7) is 3.49. The van der Waals surface area contributed by atoms with Crippen molar-refractivity contribution in [2.45, 2.75) is 24.3 Å². The van der Waals surface area contributed by atoms with E-state index in [1.54, 1.807) is 51.4 Å². The summed E-state index contributed by atoms with van der Waals surface area (Å²) < 4.78 is 11.4. The average molecular weight is 284 g/mol. The van der Waals surface area contributed by atoms with E-state index in [-0.39, 0.29) is 12.6 Å². The van der Waals surface area contributed by atoms with E-state index in [0.717, 1.165) is 0 Å². The van der Waals surface area contributed by atoms with Crippen LogP contribution in [0.5, 0.6) is 0 Å². The van der Waals surface area contributed by atoms with Crippen molar-refractivity contribution < 1.29 is 14.1 Å². The number of hydrogen-bond acceptors (Lipinski definition) is 3. The molecule has 0 heterocycles. The zero-order chi connectivity index (χ0) is 14.6. The molecule has 0 fully saturated rings. The number of aliphatic hydroxyl groups is 1. The maximum absolute atomic E-state index is 11.9. The van der Waals surface area contributed by atoms with Gasteiger partial charge in [-0.2, -0.15) is 0 Å². The quantitative estimate of drug-likeness (QED) is 0.883. The fourth-order valence-electron chi connectivity index (χ4n) is 1.62. The van der Waals surface area contributed by atoms with Gasteiger partial charge in [0.15, 0.2) is 0 Å². The molecule has 0 spiro atoms. The van der Waals surface area contributed by atoms with E-state index in [1.807, 2.05) is 0 Å². The SMILES string of the molecule is CN(CC(C)(C)O)C(=O)Nc1cccc(S(C)=O)c1. The molecule has 1 aromatic rings. The first-order valence-electron chi connectivity index (χ1n) is 5.87. The van der Waals surface area contributed by atoms with Crippen LogP contribution < -0.4 is 5.32 Å². The number of hydrogen-bond donors (Lipinski definition) is 2. The topological polar surface area (TPSA) is 69.6 Å². The molecule has 19 heavy (non-hydrogen) atoms. The summed E-state index contributed by atoms with van der Waals surface area (Å²) in [7, 11) is 0.521. The lowest BCUT2D eigenvalue weighted by molar-refractivity contribution is 0.0550. The van der Waals surface area contributed by atoms with Crippen LogP contribution in [-0.2, 0) is 10.8 Å². The van der Waals surface area contributed by atoms with Crippen LogP contribution in [0, 0.1) is 0 Å². The van der Waals surface area contributed by atoms with Crippen LogP contribution in [0.3, 0.4) is 0 Å². The third-order valence-electron chi connectivity index (χ3n) is 2.39. The molecule has 0 saturated carbocycles. The Bertz CT molecular complexity index is 483. The van der Waals surface area contributed by atoms with Crippen molar-refractivity contribution in [3.8, 4) is 0 Å². The molecular weight excluding hydrogens is 264 g/mol. The van der Waals surface area contributed by atoms with Crippen molar-refractivity contribution in [3.05, 3.63) is 24.3 Å². The fraction of sp³-hybridized carbons (Fsp3) is 0.462. The highest BCUT2D eigenvalue weighted by Gasteiger charge is 2.19. The van der Waals surface area contributed by atoms with Crippen LogP contribution in [0.15, 0.2) is 29.2 Å². The molecule has 6 heteroatoms. The largest absolute Gasteiger partial charge is 0.389 e. The molecule has 1 atom stereocenters. The number of nitrogens with zero attached hydrogens (tertiary/aromatic N) is 1. The highest BCUT2D eigenvalue weighted by Crippen LogP contribution is 2.14. The first-order chi connectivity index (χ1) is 8.69. The number of benzene rings is 1. The molecule has 1 rings (SSSR count). The Morgan fingerprint density at radius 2 is 2.11 bits per heavy atom. The van der Waals surface area contributed by atoms with E-state index in [0.29, 0.717) is 10.6 Å². The second-order valence-electron chi connectivity index (χ2n) is 5.08. The molecule has 0 radical (unpaired) electrons. The number of amides is 2. The molecule has 2 amide bonds. The van der Waals surface area contributed by atoms with Gasteiger partial charge in [-0.15, -0.1) is 0 Å². The number of likely N-dealkylation sites (N-methyl/N-ethyl adjacent to an activating group) is 1. The van der Waals surface area contributed by atoms with Gasteiger partial charge in [-0.3, -0.25) is 4.21 Å². The Kier molecular flexibility index (Phi) is 5.08. The van der Waals surface area contributed by atoms with Gasteiger partial charge in [0.1, 0.15) is 0 Å². The van der Waals surface area contributed by atoms with E-state index in [4.69, 9.17) is 0 Å². The van der Waals surface area contributed by atoms with Crippen molar-refractivity contribution in [1.82, 2.24) is 4.90 Å². The van der Waals surface area contributed by atoms with Crippen molar-refractivity contribution in [1.29, 1.82) is 0 Å². The Labute approximate surface area is 116 Å². The molecule has 0 aliphatic carbocycles. The number of carbonyl (C=O) groups is 1. The third-order valence-corrected chi connectivity index (χ3v) is 3.31. The number of urea groups is 1. The Morgan fingerprint density at radius 3 is 2.63 bits per heavy atom. The van der Waals surface area contributed by atoms with Crippen LogP contribution in [0.4, 0.5) is 10.5 Å². The molecule has 0 bridgehead atoms. The van der Waals surface area contributed by atoms with Gasteiger partial charge >= 0.3 is 6.03 Å². The minimum absolute atomic E-state index is 0.220. The molecule has 0 aliphatic heterocycles. The minimum Gasteiger partial charge on any atom is -0.389 e. The molecular formula is C13H20N2O3S. The molecule has 106 valence electrons. The van der Waals surface area contributed by atoms with E-state index in [2.05, 4.69) is 5.32 Å². The molecule has 0 saturated heterocycles. The zero-order valence-corrected chi connectivity index (χ0v) is 12.5. The van der Waals surface area contributed by atoms with Crippen LogP contribution >= 0.6 is 0 Å². The van der Waals surface area contributed by atoms with Crippen LogP contribution in [-0.4, -0.2) is 45.7 Å². The number of carbonyl (C=O) groups excluding carboxylic acids is 1. The molecule has 2 N–H and O–H groups in total. The maximum atomic E-state index is 11.9. The highest BCUT2D eigenvalue weighted by atomic mass is 32.2. The number of anilines is 1. The summed E-state index contributed by atoms with van der Waals surface area (Å²) in [6, 6.07) is 6.56. The highest BCUT2D eigenvalue weighted by molar-refractivity contribution is 7.84. The summed E-state index contributed by atoms with van der Waals surface area (Å²) in [4.78, 5) is 14.0. The zero-order valence-electron chi connectivity index (χ0n) is 11.6. The van der Waals surface area contributed by atoms with Crippen molar-refractivity contribution in [2.24, 2.45) is 0 Å². The Balaban J connectivity index is 2.71. The van der Waals surface area contributed by atoms with Crippen LogP contribution in [0.1, 0.15) is 13.8 Å². The van der Waals surface area contributed by atoms with Gasteiger partial charge in [-0.1, -0.05) is 6.07 Å². The summed E-state index contributed by atoms with van der Waals surface area (Å²) in [5, 5.41) is 12.4. The third kappa shape index (κ3) is 5.40. The number of rotatable bonds is 4. The van der Waals surface area contributed by atoms with Gasteiger partial charge in [0.2, 0.25) is 0 Å². The predicted molar refractivity (Wildman–Crippen MR) is 76.7 cm³/mol. The summed E-state index contributed by atoms with van der Waals surface area (Å²) in [5.74, 6) is 0. The maximum Gasteiger partial charge on any atom is 0.321 e. The summed E-state index contributed by atoms with van der Waals surface area (Å²) >= 11 is 0. The van der Waals surface area contributed by atoms with Gasteiger partial charge in [0.25, 0.3) is 0 Å². The standard InChI is InChI=1S/C13H20N2O3S/c1-13(2,17)9-15(3)12(16)14-10-6-5-7-11(8-10)19(4)18/h5-8,17H,9H2,1-4H3,(H,14,16). The van der Waals surface area contributed by atoms with Gasteiger partial charge in [0, 0.05) is 34.7 Å². The predicted octanol–water partition coefficient (Wildman–Crippen LogP) is 1.66. The Hall–Kier alpha value is -1.40. The smallest absolute Gasteiger partial charge is 0.321 e. The first kappa shape index (κ1) is 15.7. The van der Waals surface area contributed by atoms with Crippen LogP contribution in [0.25, 0.3) is 0 Å². The lowest BCUT2D eigenvalue weighted by Crippen LogP contribution is -2.41. The van der Waals surface area contributed by atoms with E-state index in [1.165, 1.54) is 4.90 Å². The average Bonchev–Trinajstić information content (AvgIpc) is 2.27. The molecule has 1 unspecified atom stereocenters.